The largest absolute Gasteiger partial charge is 0.477 e. The van der Waals surface area contributed by atoms with Crippen LogP contribution >= 0.6 is 27.3 Å². The minimum Gasteiger partial charge on any atom is -0.477 e. The molecule has 0 atom stereocenters. The molecule has 0 aliphatic heterocycles. The fraction of sp³-hybridized carbons (Fsp3) is 0.467. The summed E-state index contributed by atoms with van der Waals surface area (Å²) in [5.41, 5.74) is 1.83. The standard InChI is InChI=1S/C15H21BrN2O3SSi/c1-10-12(16)14(15(19)20)22-13(10)11-7-17-18(8-11)9-21-5-6-23(2,3)4/h7-8H,5-6,9H2,1-4H3,(H,19,20). The predicted molar refractivity (Wildman–Crippen MR) is 99.0 cm³/mol. The first-order valence-corrected chi connectivity index (χ1v) is 12.6. The summed E-state index contributed by atoms with van der Waals surface area (Å²) in [6.07, 6.45) is 3.64. The molecule has 0 unspecified atom stereocenters. The van der Waals surface area contributed by atoms with Crippen molar-refractivity contribution in [2.75, 3.05) is 6.61 Å². The third-order valence-electron chi connectivity index (χ3n) is 3.38. The third kappa shape index (κ3) is 4.76. The zero-order valence-electron chi connectivity index (χ0n) is 13.7. The third-order valence-corrected chi connectivity index (χ3v) is 7.67. The highest BCUT2D eigenvalue weighted by molar-refractivity contribution is 9.10. The van der Waals surface area contributed by atoms with Gasteiger partial charge in [-0.15, -0.1) is 11.3 Å². The van der Waals surface area contributed by atoms with Crippen LogP contribution in [0.4, 0.5) is 0 Å². The maximum Gasteiger partial charge on any atom is 0.347 e. The summed E-state index contributed by atoms with van der Waals surface area (Å²) in [4.78, 5) is 12.5. The quantitative estimate of drug-likeness (QED) is 0.524. The average Bonchev–Trinajstić information content (AvgIpc) is 3.00. The molecule has 2 heterocycles. The fourth-order valence-corrected chi connectivity index (χ4v) is 4.51. The molecule has 0 aromatic carbocycles. The van der Waals surface area contributed by atoms with Crippen molar-refractivity contribution < 1.29 is 14.6 Å². The van der Waals surface area contributed by atoms with Gasteiger partial charge in [-0.3, -0.25) is 0 Å². The Kier molecular flexibility index (Phi) is 5.82. The van der Waals surface area contributed by atoms with E-state index in [1.54, 1.807) is 10.9 Å². The number of carbonyl (C=O) groups is 1. The van der Waals surface area contributed by atoms with Gasteiger partial charge < -0.3 is 9.84 Å². The Morgan fingerprint density at radius 1 is 1.48 bits per heavy atom. The van der Waals surface area contributed by atoms with E-state index in [4.69, 9.17) is 4.74 Å². The van der Waals surface area contributed by atoms with Gasteiger partial charge >= 0.3 is 5.97 Å². The number of hydrogen-bond donors (Lipinski definition) is 1. The molecule has 23 heavy (non-hydrogen) atoms. The van der Waals surface area contributed by atoms with E-state index in [9.17, 15) is 9.90 Å². The van der Waals surface area contributed by atoms with Gasteiger partial charge in [-0.25, -0.2) is 9.48 Å². The molecule has 126 valence electrons. The van der Waals surface area contributed by atoms with Crippen molar-refractivity contribution >= 4 is 41.3 Å². The summed E-state index contributed by atoms with van der Waals surface area (Å²) >= 11 is 4.61. The number of thiophene rings is 1. The van der Waals surface area contributed by atoms with Crippen LogP contribution in [0.3, 0.4) is 0 Å². The zero-order valence-corrected chi connectivity index (χ0v) is 17.1. The van der Waals surface area contributed by atoms with Crippen LogP contribution in [0.15, 0.2) is 16.9 Å². The molecule has 2 rings (SSSR count). The van der Waals surface area contributed by atoms with E-state index in [0.29, 0.717) is 16.1 Å². The number of aromatic carboxylic acids is 1. The fourth-order valence-electron chi connectivity index (χ4n) is 1.99. The molecular formula is C15H21BrN2O3SSi. The first-order valence-electron chi connectivity index (χ1n) is 7.32. The Labute approximate surface area is 149 Å². The molecule has 2 aromatic rings. The molecule has 0 saturated heterocycles. The van der Waals surface area contributed by atoms with Gasteiger partial charge in [0.1, 0.15) is 11.6 Å². The molecule has 2 aromatic heterocycles. The van der Waals surface area contributed by atoms with Crippen molar-refractivity contribution in [1.29, 1.82) is 0 Å². The first kappa shape index (κ1) is 18.4. The molecule has 1 N–H and O–H groups in total. The summed E-state index contributed by atoms with van der Waals surface area (Å²) in [5.74, 6) is -0.918. The van der Waals surface area contributed by atoms with Gasteiger partial charge in [0.05, 0.1) is 6.20 Å². The topological polar surface area (TPSA) is 64.4 Å². The lowest BCUT2D eigenvalue weighted by Crippen LogP contribution is -2.22. The minimum atomic E-state index is -1.08. The number of halogens is 1. The smallest absolute Gasteiger partial charge is 0.347 e. The lowest BCUT2D eigenvalue weighted by atomic mass is 10.2. The van der Waals surface area contributed by atoms with E-state index in [-0.39, 0.29) is 0 Å². The van der Waals surface area contributed by atoms with Crippen molar-refractivity contribution in [2.24, 2.45) is 0 Å². The Morgan fingerprint density at radius 2 is 2.17 bits per heavy atom. The summed E-state index contributed by atoms with van der Waals surface area (Å²) in [6, 6.07) is 1.13. The molecule has 0 saturated carbocycles. The number of hydrogen-bond acceptors (Lipinski definition) is 4. The van der Waals surface area contributed by atoms with Gasteiger partial charge in [-0.2, -0.15) is 5.10 Å². The average molecular weight is 417 g/mol. The van der Waals surface area contributed by atoms with Gasteiger partial charge in [0.2, 0.25) is 0 Å². The Balaban J connectivity index is 2.05. The van der Waals surface area contributed by atoms with Crippen molar-refractivity contribution in [3.63, 3.8) is 0 Å². The lowest BCUT2D eigenvalue weighted by molar-refractivity contribution is 0.0701. The molecule has 0 bridgehead atoms. The van der Waals surface area contributed by atoms with Crippen molar-refractivity contribution in [1.82, 2.24) is 9.78 Å². The van der Waals surface area contributed by atoms with Gasteiger partial charge in [-0.05, 0) is 34.5 Å². The summed E-state index contributed by atoms with van der Waals surface area (Å²) in [5, 5.41) is 13.5. The highest BCUT2D eigenvalue weighted by Gasteiger charge is 2.20. The highest BCUT2D eigenvalue weighted by atomic mass is 79.9. The van der Waals surface area contributed by atoms with E-state index in [2.05, 4.69) is 40.7 Å². The molecule has 0 aliphatic rings. The molecule has 5 nitrogen and oxygen atoms in total. The first-order chi connectivity index (χ1) is 10.7. The number of carboxylic acid groups (broad SMARTS) is 1. The number of rotatable bonds is 7. The number of ether oxygens (including phenoxy) is 1. The van der Waals surface area contributed by atoms with Crippen LogP contribution in [0.1, 0.15) is 15.2 Å². The SMILES string of the molecule is Cc1c(-c2cnn(COCC[Si](C)(C)C)c2)sc(C(=O)O)c1Br. The second kappa shape index (κ2) is 7.29. The van der Waals surface area contributed by atoms with Crippen LogP contribution < -0.4 is 0 Å². The van der Waals surface area contributed by atoms with Crippen molar-refractivity contribution in [2.45, 2.75) is 39.3 Å². The molecule has 0 aliphatic carbocycles. The maximum absolute atomic E-state index is 11.2. The molecule has 0 radical (unpaired) electrons. The summed E-state index contributed by atoms with van der Waals surface area (Å²) < 4.78 is 8.06. The van der Waals surface area contributed by atoms with E-state index < -0.39 is 14.0 Å². The highest BCUT2D eigenvalue weighted by Crippen LogP contribution is 2.39. The van der Waals surface area contributed by atoms with Gasteiger partial charge in [0.25, 0.3) is 0 Å². The van der Waals surface area contributed by atoms with Crippen LogP contribution in [0.25, 0.3) is 10.4 Å². The van der Waals surface area contributed by atoms with E-state index in [1.165, 1.54) is 11.3 Å². The normalized spacial score (nSPS) is 11.9. The van der Waals surface area contributed by atoms with Gasteiger partial charge in [-0.1, -0.05) is 19.6 Å². The number of carboxylic acids is 1. The number of nitrogens with zero attached hydrogens (tertiary/aromatic N) is 2. The molecule has 0 spiro atoms. The van der Waals surface area contributed by atoms with E-state index in [0.717, 1.165) is 28.7 Å². The van der Waals surface area contributed by atoms with E-state index >= 15 is 0 Å². The molecule has 0 amide bonds. The van der Waals surface area contributed by atoms with Gasteiger partial charge in [0, 0.05) is 35.8 Å². The second-order valence-electron chi connectivity index (χ2n) is 6.62. The molecular weight excluding hydrogens is 396 g/mol. The van der Waals surface area contributed by atoms with E-state index in [1.807, 2.05) is 13.1 Å². The Bertz CT molecular complexity index is 706. The minimum absolute atomic E-state index is 0.316. The summed E-state index contributed by atoms with van der Waals surface area (Å²) in [6.45, 7) is 10.0. The monoisotopic (exact) mass is 416 g/mol. The van der Waals surface area contributed by atoms with Crippen LogP contribution in [0.5, 0.6) is 0 Å². The van der Waals surface area contributed by atoms with Gasteiger partial charge in [0.15, 0.2) is 0 Å². The lowest BCUT2D eigenvalue weighted by Gasteiger charge is -2.15. The second-order valence-corrected chi connectivity index (χ2v) is 14.1. The summed E-state index contributed by atoms with van der Waals surface area (Å²) in [7, 11) is -1.08. The van der Waals surface area contributed by atoms with Crippen LogP contribution in [-0.4, -0.2) is 35.5 Å². The van der Waals surface area contributed by atoms with Crippen LogP contribution in [0.2, 0.25) is 25.7 Å². The molecule has 8 heteroatoms. The van der Waals surface area contributed by atoms with Crippen molar-refractivity contribution in [3.05, 3.63) is 27.3 Å². The zero-order chi connectivity index (χ0) is 17.2. The Hall–Kier alpha value is -0.963. The molecule has 0 fully saturated rings. The van der Waals surface area contributed by atoms with Crippen LogP contribution in [0, 0.1) is 6.92 Å². The van der Waals surface area contributed by atoms with Crippen molar-refractivity contribution in [3.8, 4) is 10.4 Å². The Morgan fingerprint density at radius 3 is 2.74 bits per heavy atom. The maximum atomic E-state index is 11.2. The number of aromatic nitrogens is 2. The predicted octanol–water partition coefficient (Wildman–Crippen LogP) is 4.69. The van der Waals surface area contributed by atoms with Crippen LogP contribution in [-0.2, 0) is 11.5 Å².